The molecule has 0 aliphatic heterocycles. The number of benzene rings is 1. The summed E-state index contributed by atoms with van der Waals surface area (Å²) in [5.74, 6) is -0.171. The molecule has 1 aromatic carbocycles. The minimum atomic E-state index is -0.971. The smallest absolute Gasteiger partial charge is 0.256 e. The van der Waals surface area contributed by atoms with Crippen molar-refractivity contribution in [3.05, 3.63) is 76.5 Å². The lowest BCUT2D eigenvalue weighted by molar-refractivity contribution is 0.0898. The van der Waals surface area contributed by atoms with Crippen molar-refractivity contribution < 1.29 is 23.4 Å². The van der Waals surface area contributed by atoms with E-state index < -0.39 is 17.8 Å². The maximum Gasteiger partial charge on any atom is 0.256 e. The van der Waals surface area contributed by atoms with Crippen LogP contribution in [0.3, 0.4) is 0 Å². The highest BCUT2D eigenvalue weighted by Gasteiger charge is 2.18. The zero-order chi connectivity index (χ0) is 18.5. The molecule has 26 heavy (non-hydrogen) atoms. The zero-order valence-electron chi connectivity index (χ0n) is 13.4. The predicted molar refractivity (Wildman–Crippen MR) is 94.4 cm³/mol. The maximum atomic E-state index is 13.2. The van der Waals surface area contributed by atoms with E-state index in [4.69, 9.17) is 9.15 Å². The van der Waals surface area contributed by atoms with Gasteiger partial charge in [0.15, 0.2) is 0 Å². The van der Waals surface area contributed by atoms with Crippen molar-refractivity contribution >= 4 is 21.8 Å². The van der Waals surface area contributed by atoms with Crippen LogP contribution in [0.2, 0.25) is 0 Å². The normalized spacial score (nSPS) is 11.8. The number of aliphatic hydroxyl groups excluding tert-OH is 1. The van der Waals surface area contributed by atoms with Crippen LogP contribution in [0.15, 0.2) is 63.8 Å². The van der Waals surface area contributed by atoms with Gasteiger partial charge in [-0.2, -0.15) is 0 Å². The van der Waals surface area contributed by atoms with Crippen molar-refractivity contribution in [3.8, 4) is 11.6 Å². The topological polar surface area (TPSA) is 84.6 Å². The molecular formula is C18H14BrFN2O4. The van der Waals surface area contributed by atoms with E-state index in [0.29, 0.717) is 16.0 Å². The van der Waals surface area contributed by atoms with Crippen molar-refractivity contribution in [1.29, 1.82) is 0 Å². The maximum absolute atomic E-state index is 13.2. The Balaban J connectivity index is 1.72. The third kappa shape index (κ3) is 4.27. The van der Waals surface area contributed by atoms with E-state index in [1.807, 2.05) is 0 Å². The fraction of sp³-hybridized carbons (Fsp3) is 0.111. The molecule has 0 aliphatic rings. The van der Waals surface area contributed by atoms with Gasteiger partial charge in [0.25, 0.3) is 5.91 Å². The van der Waals surface area contributed by atoms with E-state index in [9.17, 15) is 14.3 Å². The second-order valence-electron chi connectivity index (χ2n) is 5.27. The summed E-state index contributed by atoms with van der Waals surface area (Å²) in [5, 5.41) is 12.6. The number of hydrogen-bond acceptors (Lipinski definition) is 5. The fourth-order valence-corrected chi connectivity index (χ4v) is 2.60. The van der Waals surface area contributed by atoms with Crippen molar-refractivity contribution in [1.82, 2.24) is 10.3 Å². The van der Waals surface area contributed by atoms with Crippen LogP contribution in [0.1, 0.15) is 22.2 Å². The van der Waals surface area contributed by atoms with Gasteiger partial charge in [0, 0.05) is 6.20 Å². The number of rotatable bonds is 6. The summed E-state index contributed by atoms with van der Waals surface area (Å²) in [6.45, 7) is -0.0408. The number of pyridine rings is 1. The lowest BCUT2D eigenvalue weighted by Gasteiger charge is -2.13. The minimum Gasteiger partial charge on any atom is -0.467 e. The van der Waals surface area contributed by atoms with E-state index in [-0.39, 0.29) is 18.0 Å². The number of aliphatic hydroxyl groups is 1. The molecule has 0 fully saturated rings. The molecular weight excluding hydrogens is 407 g/mol. The molecule has 1 amide bonds. The zero-order valence-corrected chi connectivity index (χ0v) is 14.9. The van der Waals surface area contributed by atoms with Gasteiger partial charge >= 0.3 is 0 Å². The third-order valence-electron chi connectivity index (χ3n) is 3.44. The standard InChI is InChI=1S/C18H14BrFN2O4/c19-13-9-11(20)5-6-15(13)26-18-12(3-1-7-21-18)17(24)22-10-14(23)16-4-2-8-25-16/h1-9,14,23H,10H2,(H,22,24). The van der Waals surface area contributed by atoms with Crippen molar-refractivity contribution in [2.75, 3.05) is 6.54 Å². The van der Waals surface area contributed by atoms with Crippen molar-refractivity contribution in [3.63, 3.8) is 0 Å². The summed E-state index contributed by atoms with van der Waals surface area (Å²) in [6.07, 6.45) is 1.94. The number of aromatic nitrogens is 1. The average Bonchev–Trinajstić information content (AvgIpc) is 3.17. The molecule has 3 rings (SSSR count). The van der Waals surface area contributed by atoms with Gasteiger partial charge in [-0.3, -0.25) is 4.79 Å². The highest BCUT2D eigenvalue weighted by Crippen LogP contribution is 2.30. The largest absolute Gasteiger partial charge is 0.467 e. The number of carbonyl (C=O) groups is 1. The monoisotopic (exact) mass is 420 g/mol. The van der Waals surface area contributed by atoms with Crippen LogP contribution >= 0.6 is 15.9 Å². The summed E-state index contributed by atoms with van der Waals surface area (Å²) in [4.78, 5) is 16.5. The Morgan fingerprint density at radius 3 is 2.92 bits per heavy atom. The van der Waals surface area contributed by atoms with Crippen molar-refractivity contribution in [2.24, 2.45) is 0 Å². The van der Waals surface area contributed by atoms with Gasteiger partial charge in [0.05, 0.1) is 17.3 Å². The first-order valence-electron chi connectivity index (χ1n) is 7.62. The molecule has 0 saturated carbocycles. The van der Waals surface area contributed by atoms with Crippen LogP contribution in [0.4, 0.5) is 4.39 Å². The molecule has 3 aromatic rings. The first-order chi connectivity index (χ1) is 12.5. The van der Waals surface area contributed by atoms with Crippen molar-refractivity contribution in [2.45, 2.75) is 6.10 Å². The SMILES string of the molecule is O=C(NCC(O)c1ccco1)c1cccnc1Oc1ccc(F)cc1Br. The Labute approximate surface area is 156 Å². The van der Waals surface area contributed by atoms with E-state index >= 15 is 0 Å². The number of nitrogens with zero attached hydrogens (tertiary/aromatic N) is 1. The van der Waals surface area contributed by atoms with Gasteiger partial charge in [0.2, 0.25) is 5.88 Å². The predicted octanol–water partition coefficient (Wildman–Crippen LogP) is 3.83. The number of nitrogens with one attached hydrogen (secondary N) is 1. The van der Waals surface area contributed by atoms with Crippen LogP contribution in [0.5, 0.6) is 11.6 Å². The minimum absolute atomic E-state index is 0.0408. The van der Waals surface area contributed by atoms with E-state index in [2.05, 4.69) is 26.2 Å². The number of carbonyl (C=O) groups excluding carboxylic acids is 1. The first kappa shape index (κ1) is 18.1. The average molecular weight is 421 g/mol. The summed E-state index contributed by atoms with van der Waals surface area (Å²) < 4.78 is 24.3. The number of ether oxygens (including phenoxy) is 1. The van der Waals surface area contributed by atoms with Crippen LogP contribution in [0, 0.1) is 5.82 Å². The molecule has 0 bridgehead atoms. The van der Waals surface area contributed by atoms with E-state index in [1.54, 1.807) is 18.2 Å². The second-order valence-corrected chi connectivity index (χ2v) is 6.13. The summed E-state index contributed by atoms with van der Waals surface area (Å²) in [7, 11) is 0. The van der Waals surface area contributed by atoms with Gasteiger partial charge in [0.1, 0.15) is 29.0 Å². The van der Waals surface area contributed by atoms with Crippen LogP contribution in [0.25, 0.3) is 0 Å². The number of hydrogen-bond donors (Lipinski definition) is 2. The Morgan fingerprint density at radius 2 is 2.19 bits per heavy atom. The quantitative estimate of drug-likeness (QED) is 0.632. The van der Waals surface area contributed by atoms with E-state index in [0.717, 1.165) is 0 Å². The highest BCUT2D eigenvalue weighted by molar-refractivity contribution is 9.10. The van der Waals surface area contributed by atoms with Crippen LogP contribution < -0.4 is 10.1 Å². The number of furan rings is 1. The Hall–Kier alpha value is -2.71. The van der Waals surface area contributed by atoms with Gasteiger partial charge in [-0.15, -0.1) is 0 Å². The molecule has 8 heteroatoms. The molecule has 134 valence electrons. The molecule has 2 heterocycles. The second kappa shape index (κ2) is 8.11. The molecule has 6 nitrogen and oxygen atoms in total. The molecule has 0 aliphatic carbocycles. The Kier molecular flexibility index (Phi) is 5.65. The molecule has 2 N–H and O–H groups in total. The lowest BCUT2D eigenvalue weighted by Crippen LogP contribution is -2.28. The molecule has 0 radical (unpaired) electrons. The summed E-state index contributed by atoms with van der Waals surface area (Å²) >= 11 is 3.20. The Bertz CT molecular complexity index is 902. The Morgan fingerprint density at radius 1 is 1.35 bits per heavy atom. The fourth-order valence-electron chi connectivity index (χ4n) is 2.17. The summed E-state index contributed by atoms with van der Waals surface area (Å²) in [6, 6.07) is 10.3. The first-order valence-corrected chi connectivity index (χ1v) is 8.41. The number of halogens is 2. The molecule has 2 aromatic heterocycles. The third-order valence-corrected chi connectivity index (χ3v) is 4.06. The molecule has 0 saturated heterocycles. The lowest BCUT2D eigenvalue weighted by atomic mass is 10.2. The highest BCUT2D eigenvalue weighted by atomic mass is 79.9. The van der Waals surface area contributed by atoms with E-state index in [1.165, 1.54) is 36.7 Å². The molecule has 0 spiro atoms. The van der Waals surface area contributed by atoms with Crippen LogP contribution in [-0.4, -0.2) is 22.5 Å². The number of amides is 1. The molecule has 1 atom stereocenters. The van der Waals surface area contributed by atoms with Gasteiger partial charge in [-0.1, -0.05) is 0 Å². The van der Waals surface area contributed by atoms with Gasteiger partial charge < -0.3 is 19.6 Å². The summed E-state index contributed by atoms with van der Waals surface area (Å²) in [5.41, 5.74) is 0.176. The van der Waals surface area contributed by atoms with Gasteiger partial charge in [-0.25, -0.2) is 9.37 Å². The molecule has 1 unspecified atom stereocenters. The van der Waals surface area contributed by atoms with Crippen LogP contribution in [-0.2, 0) is 0 Å². The van der Waals surface area contributed by atoms with Gasteiger partial charge in [-0.05, 0) is 58.4 Å².